The van der Waals surface area contributed by atoms with E-state index < -0.39 is 5.41 Å². The van der Waals surface area contributed by atoms with Crippen LogP contribution in [0.1, 0.15) is 25.0 Å². The van der Waals surface area contributed by atoms with Crippen molar-refractivity contribution in [2.45, 2.75) is 25.7 Å². The van der Waals surface area contributed by atoms with Crippen LogP contribution in [0.2, 0.25) is 0 Å². The van der Waals surface area contributed by atoms with E-state index >= 15 is 0 Å². The SMILES string of the molecule is CN1CCc2cc(-c3ccnc(-c4cn(C)c(=O)n4-c4ccc(C(C)(C)C#N)cc4)c3)cnc21. The van der Waals surface area contributed by atoms with Gasteiger partial charge in [-0.2, -0.15) is 5.26 Å². The Labute approximate surface area is 198 Å². The first-order valence-corrected chi connectivity index (χ1v) is 11.3. The first kappa shape index (κ1) is 21.7. The molecule has 1 aliphatic rings. The van der Waals surface area contributed by atoms with Gasteiger partial charge in [0.15, 0.2) is 0 Å². The third-order valence-corrected chi connectivity index (χ3v) is 6.55. The first-order chi connectivity index (χ1) is 16.3. The molecule has 7 heteroatoms. The van der Waals surface area contributed by atoms with Crippen molar-refractivity contribution in [1.82, 2.24) is 19.1 Å². The number of aryl methyl sites for hydroxylation is 1. The Balaban J connectivity index is 1.57. The number of benzene rings is 1. The van der Waals surface area contributed by atoms with Gasteiger partial charge in [-0.3, -0.25) is 9.55 Å². The third-order valence-electron chi connectivity index (χ3n) is 6.55. The van der Waals surface area contributed by atoms with Gasteiger partial charge < -0.3 is 9.47 Å². The molecule has 1 aliphatic heterocycles. The summed E-state index contributed by atoms with van der Waals surface area (Å²) in [6.07, 6.45) is 6.46. The Hall–Kier alpha value is -4.18. The van der Waals surface area contributed by atoms with E-state index in [0.717, 1.165) is 41.2 Å². The minimum Gasteiger partial charge on any atom is -0.359 e. The van der Waals surface area contributed by atoms with Crippen molar-refractivity contribution >= 4 is 5.82 Å². The van der Waals surface area contributed by atoms with Crippen molar-refractivity contribution < 1.29 is 0 Å². The van der Waals surface area contributed by atoms with Gasteiger partial charge in [0.05, 0.1) is 28.6 Å². The number of fused-ring (bicyclic) bond motifs is 1. The smallest absolute Gasteiger partial charge is 0.333 e. The van der Waals surface area contributed by atoms with E-state index in [0.29, 0.717) is 11.4 Å². The summed E-state index contributed by atoms with van der Waals surface area (Å²) in [5.74, 6) is 1.04. The highest BCUT2D eigenvalue weighted by molar-refractivity contribution is 5.71. The molecule has 3 aromatic heterocycles. The molecule has 0 bridgehead atoms. The number of hydrogen-bond acceptors (Lipinski definition) is 5. The summed E-state index contributed by atoms with van der Waals surface area (Å²) < 4.78 is 3.22. The van der Waals surface area contributed by atoms with E-state index in [1.165, 1.54) is 5.56 Å². The number of imidazole rings is 1. The molecule has 4 aromatic rings. The molecule has 0 N–H and O–H groups in total. The fraction of sp³-hybridized carbons (Fsp3) is 0.259. The quantitative estimate of drug-likeness (QED) is 0.468. The topological polar surface area (TPSA) is 79.7 Å². The van der Waals surface area contributed by atoms with Gasteiger partial charge in [-0.1, -0.05) is 12.1 Å². The van der Waals surface area contributed by atoms with Crippen molar-refractivity contribution in [1.29, 1.82) is 5.26 Å². The van der Waals surface area contributed by atoms with E-state index in [2.05, 4.69) is 34.1 Å². The maximum atomic E-state index is 13.0. The summed E-state index contributed by atoms with van der Waals surface area (Å²) in [5.41, 5.74) is 5.57. The molecule has 0 atom stereocenters. The summed E-state index contributed by atoms with van der Waals surface area (Å²) in [6, 6.07) is 16.0. The average molecular weight is 451 g/mol. The Morgan fingerprint density at radius 2 is 1.79 bits per heavy atom. The summed E-state index contributed by atoms with van der Waals surface area (Å²) in [6.45, 7) is 4.74. The van der Waals surface area contributed by atoms with Crippen LogP contribution in [0, 0.1) is 11.3 Å². The molecule has 170 valence electrons. The molecule has 34 heavy (non-hydrogen) atoms. The monoisotopic (exact) mass is 450 g/mol. The Bertz CT molecular complexity index is 1490. The number of nitriles is 1. The Morgan fingerprint density at radius 3 is 2.53 bits per heavy atom. The lowest BCUT2D eigenvalue weighted by atomic mass is 9.86. The molecule has 0 saturated heterocycles. The van der Waals surface area contributed by atoms with Crippen LogP contribution in [-0.2, 0) is 18.9 Å². The van der Waals surface area contributed by atoms with Crippen molar-refractivity contribution in [3.05, 3.63) is 82.7 Å². The molecule has 0 aliphatic carbocycles. The second-order valence-corrected chi connectivity index (χ2v) is 9.33. The Kier molecular flexibility index (Phi) is 5.09. The van der Waals surface area contributed by atoms with Crippen LogP contribution in [-0.4, -0.2) is 32.7 Å². The predicted octanol–water partition coefficient (Wildman–Crippen LogP) is 4.09. The van der Waals surface area contributed by atoms with Gasteiger partial charge >= 0.3 is 5.69 Å². The lowest BCUT2D eigenvalue weighted by Crippen LogP contribution is -2.21. The third kappa shape index (κ3) is 3.57. The molecule has 0 spiro atoms. The first-order valence-electron chi connectivity index (χ1n) is 11.3. The van der Waals surface area contributed by atoms with Crippen molar-refractivity contribution in [3.63, 3.8) is 0 Å². The van der Waals surface area contributed by atoms with E-state index in [-0.39, 0.29) is 5.69 Å². The lowest BCUT2D eigenvalue weighted by Gasteiger charge is -2.16. The lowest BCUT2D eigenvalue weighted by molar-refractivity contribution is 0.686. The highest BCUT2D eigenvalue weighted by Gasteiger charge is 2.21. The molecule has 0 unspecified atom stereocenters. The number of pyridine rings is 2. The van der Waals surface area contributed by atoms with Gasteiger partial charge in [-0.25, -0.2) is 9.78 Å². The van der Waals surface area contributed by atoms with Crippen molar-refractivity contribution in [2.75, 3.05) is 18.5 Å². The second kappa shape index (κ2) is 7.99. The van der Waals surface area contributed by atoms with Crippen molar-refractivity contribution in [2.24, 2.45) is 7.05 Å². The number of anilines is 1. The van der Waals surface area contributed by atoms with Gasteiger partial charge in [-0.05, 0) is 67.3 Å². The molecule has 4 heterocycles. The zero-order chi connectivity index (χ0) is 24.0. The fourth-order valence-corrected chi connectivity index (χ4v) is 4.41. The largest absolute Gasteiger partial charge is 0.359 e. The van der Waals surface area contributed by atoms with Gasteiger partial charge in [0.1, 0.15) is 5.82 Å². The minimum atomic E-state index is -0.600. The molecule has 0 saturated carbocycles. The van der Waals surface area contributed by atoms with Gasteiger partial charge in [0, 0.05) is 44.8 Å². The van der Waals surface area contributed by atoms with E-state index in [4.69, 9.17) is 0 Å². The van der Waals surface area contributed by atoms with Gasteiger partial charge in [0.25, 0.3) is 0 Å². The zero-order valence-electron chi connectivity index (χ0n) is 19.8. The summed E-state index contributed by atoms with van der Waals surface area (Å²) in [4.78, 5) is 24.5. The molecule has 5 rings (SSSR count). The van der Waals surface area contributed by atoms with E-state index in [1.54, 1.807) is 28.6 Å². The zero-order valence-corrected chi connectivity index (χ0v) is 19.8. The summed E-state index contributed by atoms with van der Waals surface area (Å²) in [5, 5.41) is 9.43. The van der Waals surface area contributed by atoms with Crippen LogP contribution in [0.25, 0.3) is 28.2 Å². The van der Waals surface area contributed by atoms with Crippen LogP contribution in [0.15, 0.2) is 65.8 Å². The highest BCUT2D eigenvalue weighted by Crippen LogP contribution is 2.31. The predicted molar refractivity (Wildman–Crippen MR) is 133 cm³/mol. The maximum Gasteiger partial charge on any atom is 0.333 e. The number of aromatic nitrogens is 4. The number of rotatable bonds is 4. The molecule has 0 amide bonds. The van der Waals surface area contributed by atoms with Crippen LogP contribution >= 0.6 is 0 Å². The number of likely N-dealkylation sites (N-methyl/N-ethyl adjacent to an activating group) is 1. The van der Waals surface area contributed by atoms with Crippen LogP contribution < -0.4 is 10.6 Å². The standard InChI is InChI=1S/C27H26N6O/c1-27(2,17-28)21-5-7-22(8-6-21)33-24(16-32(4)26(33)34)23-14-18(9-11-29-23)20-13-19-10-12-31(3)25(19)30-15-20/h5-9,11,13-16H,10,12H2,1-4H3. The van der Waals surface area contributed by atoms with Gasteiger partial charge in [-0.15, -0.1) is 0 Å². The molecule has 0 radical (unpaired) electrons. The minimum absolute atomic E-state index is 0.156. The van der Waals surface area contributed by atoms with Crippen LogP contribution in [0.4, 0.5) is 5.82 Å². The van der Waals surface area contributed by atoms with Crippen LogP contribution in [0.5, 0.6) is 0 Å². The molecular formula is C27H26N6O. The van der Waals surface area contributed by atoms with E-state index in [1.807, 2.05) is 56.4 Å². The molecule has 7 nitrogen and oxygen atoms in total. The molecule has 1 aromatic carbocycles. The highest BCUT2D eigenvalue weighted by atomic mass is 16.1. The normalized spacial score (nSPS) is 13.1. The Morgan fingerprint density at radius 1 is 1.03 bits per heavy atom. The second-order valence-electron chi connectivity index (χ2n) is 9.33. The van der Waals surface area contributed by atoms with E-state index in [9.17, 15) is 10.1 Å². The van der Waals surface area contributed by atoms with Crippen molar-refractivity contribution in [3.8, 4) is 34.3 Å². The van der Waals surface area contributed by atoms with Crippen LogP contribution in [0.3, 0.4) is 0 Å². The average Bonchev–Trinajstić information content (AvgIpc) is 3.38. The number of nitrogens with zero attached hydrogens (tertiary/aromatic N) is 6. The molecular weight excluding hydrogens is 424 g/mol. The summed E-state index contributed by atoms with van der Waals surface area (Å²) >= 11 is 0. The number of hydrogen-bond donors (Lipinski definition) is 0. The summed E-state index contributed by atoms with van der Waals surface area (Å²) in [7, 11) is 3.80. The van der Waals surface area contributed by atoms with Gasteiger partial charge in [0.2, 0.25) is 0 Å². The fourth-order valence-electron chi connectivity index (χ4n) is 4.41. The maximum absolute atomic E-state index is 13.0. The molecule has 0 fully saturated rings.